The van der Waals surface area contributed by atoms with Crippen LogP contribution in [-0.2, 0) is 14.8 Å². The zero-order valence-corrected chi connectivity index (χ0v) is 8.96. The van der Waals surface area contributed by atoms with Crippen LogP contribution >= 0.6 is 0 Å². The molecule has 0 aromatic heterocycles. The van der Waals surface area contributed by atoms with Gasteiger partial charge in [0.15, 0.2) is 5.75 Å². The summed E-state index contributed by atoms with van der Waals surface area (Å²) in [4.78, 5) is 0. The molecule has 0 bridgehead atoms. The third kappa shape index (κ3) is 2.67. The maximum Gasteiger partial charge on any atom is 0.227 e. The lowest BCUT2D eigenvalue weighted by molar-refractivity contribution is 0.0605. The van der Waals surface area contributed by atoms with Gasteiger partial charge in [0.2, 0.25) is 10.0 Å². The third-order valence-corrected chi connectivity index (χ3v) is 4.02. The molecule has 0 saturated carbocycles. The Kier molecular flexibility index (Phi) is 3.86. The van der Waals surface area contributed by atoms with Crippen LogP contribution in [0.15, 0.2) is 0 Å². The molecule has 14 heavy (non-hydrogen) atoms. The SMILES string of the molecule is COC1CCN(S(=O)(=O)CC#N)CC1. The first-order valence-corrected chi connectivity index (χ1v) is 6.08. The lowest BCUT2D eigenvalue weighted by Crippen LogP contribution is -2.41. The van der Waals surface area contributed by atoms with E-state index in [-0.39, 0.29) is 6.10 Å². The Balaban J connectivity index is 2.54. The number of methoxy groups -OCH3 is 1. The maximum absolute atomic E-state index is 11.4. The standard InChI is InChI=1S/C8H14N2O3S/c1-13-8-2-5-10(6-3-8)14(11,12)7-4-9/h8H,2-3,5-7H2,1H3. The molecule has 0 atom stereocenters. The second-order valence-electron chi connectivity index (χ2n) is 3.25. The van der Waals surface area contributed by atoms with E-state index in [0.717, 1.165) is 0 Å². The molecule has 0 N–H and O–H groups in total. The van der Waals surface area contributed by atoms with Crippen molar-refractivity contribution < 1.29 is 13.2 Å². The molecule has 6 heteroatoms. The van der Waals surface area contributed by atoms with Gasteiger partial charge < -0.3 is 4.74 Å². The topological polar surface area (TPSA) is 70.4 Å². The molecule has 0 amide bonds. The van der Waals surface area contributed by atoms with Crippen molar-refractivity contribution in [2.75, 3.05) is 26.0 Å². The van der Waals surface area contributed by atoms with Crippen molar-refractivity contribution >= 4 is 10.0 Å². The van der Waals surface area contributed by atoms with Gasteiger partial charge in [0.25, 0.3) is 0 Å². The van der Waals surface area contributed by atoms with Gasteiger partial charge in [-0.05, 0) is 12.8 Å². The van der Waals surface area contributed by atoms with Crippen molar-refractivity contribution in [2.45, 2.75) is 18.9 Å². The van der Waals surface area contributed by atoms with Crippen molar-refractivity contribution in [3.05, 3.63) is 0 Å². The highest BCUT2D eigenvalue weighted by Gasteiger charge is 2.27. The molecule has 0 aromatic carbocycles. The summed E-state index contributed by atoms with van der Waals surface area (Å²) in [6.07, 6.45) is 1.58. The van der Waals surface area contributed by atoms with E-state index in [1.165, 1.54) is 4.31 Å². The molecule has 0 unspecified atom stereocenters. The van der Waals surface area contributed by atoms with E-state index >= 15 is 0 Å². The van der Waals surface area contributed by atoms with Crippen LogP contribution in [0.1, 0.15) is 12.8 Å². The summed E-state index contributed by atoms with van der Waals surface area (Å²) >= 11 is 0. The van der Waals surface area contributed by atoms with Crippen LogP contribution in [0.25, 0.3) is 0 Å². The molecule has 0 spiro atoms. The van der Waals surface area contributed by atoms with Crippen molar-refractivity contribution in [3.63, 3.8) is 0 Å². The highest BCUT2D eigenvalue weighted by atomic mass is 32.2. The minimum Gasteiger partial charge on any atom is -0.381 e. The molecule has 0 radical (unpaired) electrons. The molecule has 1 fully saturated rings. The van der Waals surface area contributed by atoms with Gasteiger partial charge in [0.05, 0.1) is 12.2 Å². The fourth-order valence-corrected chi connectivity index (χ4v) is 2.63. The predicted molar refractivity (Wildman–Crippen MR) is 51.0 cm³/mol. The van der Waals surface area contributed by atoms with Crippen LogP contribution < -0.4 is 0 Å². The highest BCUT2D eigenvalue weighted by molar-refractivity contribution is 7.89. The number of nitriles is 1. The van der Waals surface area contributed by atoms with Gasteiger partial charge in [-0.2, -0.15) is 5.26 Å². The monoisotopic (exact) mass is 218 g/mol. The second kappa shape index (κ2) is 4.73. The first-order chi connectivity index (χ1) is 6.60. The number of nitrogens with zero attached hydrogens (tertiary/aromatic N) is 2. The van der Waals surface area contributed by atoms with E-state index in [9.17, 15) is 8.42 Å². The zero-order chi connectivity index (χ0) is 10.6. The molecule has 5 nitrogen and oxygen atoms in total. The van der Waals surface area contributed by atoms with Gasteiger partial charge >= 0.3 is 0 Å². The van der Waals surface area contributed by atoms with Gasteiger partial charge in [0.1, 0.15) is 0 Å². The Morgan fingerprint density at radius 1 is 1.50 bits per heavy atom. The average Bonchev–Trinajstić information content (AvgIpc) is 2.18. The van der Waals surface area contributed by atoms with Crippen LogP contribution in [-0.4, -0.2) is 44.8 Å². The summed E-state index contributed by atoms with van der Waals surface area (Å²) in [5, 5.41) is 8.35. The number of sulfonamides is 1. The lowest BCUT2D eigenvalue weighted by Gasteiger charge is -2.29. The smallest absolute Gasteiger partial charge is 0.227 e. The van der Waals surface area contributed by atoms with E-state index < -0.39 is 15.8 Å². The maximum atomic E-state index is 11.4. The van der Waals surface area contributed by atoms with Crippen LogP contribution in [0.4, 0.5) is 0 Å². The molecular formula is C8H14N2O3S. The Bertz CT molecular complexity index is 312. The molecule has 0 aliphatic carbocycles. The minimum atomic E-state index is -3.35. The van der Waals surface area contributed by atoms with Gasteiger partial charge in [0, 0.05) is 20.2 Å². The quantitative estimate of drug-likeness (QED) is 0.666. The molecule has 1 heterocycles. The summed E-state index contributed by atoms with van der Waals surface area (Å²) < 4.78 is 29.4. The Labute approximate surface area is 84.3 Å². The molecular weight excluding hydrogens is 204 g/mol. The number of ether oxygens (including phenoxy) is 1. The first-order valence-electron chi connectivity index (χ1n) is 4.47. The van der Waals surface area contributed by atoms with Crippen LogP contribution in [0, 0.1) is 11.3 Å². The molecule has 1 rings (SSSR count). The minimum absolute atomic E-state index is 0.156. The van der Waals surface area contributed by atoms with Gasteiger partial charge in [-0.3, -0.25) is 0 Å². The average molecular weight is 218 g/mol. The van der Waals surface area contributed by atoms with Gasteiger partial charge in [-0.15, -0.1) is 0 Å². The van der Waals surface area contributed by atoms with Crippen molar-refractivity contribution in [2.24, 2.45) is 0 Å². The Morgan fingerprint density at radius 2 is 2.07 bits per heavy atom. The second-order valence-corrected chi connectivity index (χ2v) is 5.22. The van der Waals surface area contributed by atoms with Gasteiger partial charge in [-0.1, -0.05) is 0 Å². The third-order valence-electron chi connectivity index (χ3n) is 2.37. The van der Waals surface area contributed by atoms with Crippen LogP contribution in [0.3, 0.4) is 0 Å². The molecule has 1 aliphatic heterocycles. The van der Waals surface area contributed by atoms with Crippen LogP contribution in [0.2, 0.25) is 0 Å². The van der Waals surface area contributed by atoms with Crippen molar-refractivity contribution in [3.8, 4) is 6.07 Å². The lowest BCUT2D eigenvalue weighted by atomic mass is 10.1. The molecule has 1 aliphatic rings. The Hall–Kier alpha value is -0.640. The summed E-state index contributed by atoms with van der Waals surface area (Å²) in [6, 6.07) is 1.67. The van der Waals surface area contributed by atoms with Crippen LogP contribution in [0.5, 0.6) is 0 Å². The highest BCUT2D eigenvalue weighted by Crippen LogP contribution is 2.15. The van der Waals surface area contributed by atoms with E-state index in [0.29, 0.717) is 25.9 Å². The molecule has 0 aromatic rings. The first kappa shape index (κ1) is 11.4. The van der Waals surface area contributed by atoms with E-state index in [2.05, 4.69) is 0 Å². The number of rotatable bonds is 3. The zero-order valence-electron chi connectivity index (χ0n) is 8.14. The normalized spacial score (nSPS) is 20.6. The fourth-order valence-electron chi connectivity index (χ4n) is 1.52. The molecule has 80 valence electrons. The summed E-state index contributed by atoms with van der Waals surface area (Å²) in [5.74, 6) is -0.426. The predicted octanol–water partition coefficient (Wildman–Crippen LogP) is -0.0494. The van der Waals surface area contributed by atoms with E-state index in [1.54, 1.807) is 13.2 Å². The van der Waals surface area contributed by atoms with Crippen molar-refractivity contribution in [1.29, 1.82) is 5.26 Å². The Morgan fingerprint density at radius 3 is 2.50 bits per heavy atom. The van der Waals surface area contributed by atoms with Crippen molar-refractivity contribution in [1.82, 2.24) is 4.31 Å². The fraction of sp³-hybridized carbons (Fsp3) is 0.875. The molecule has 1 saturated heterocycles. The largest absolute Gasteiger partial charge is 0.381 e. The number of hydrogen-bond acceptors (Lipinski definition) is 4. The van der Waals surface area contributed by atoms with E-state index in [4.69, 9.17) is 10.00 Å². The summed E-state index contributed by atoms with van der Waals surface area (Å²) in [6.45, 7) is 0.922. The number of piperidine rings is 1. The van der Waals surface area contributed by atoms with Gasteiger partial charge in [-0.25, -0.2) is 12.7 Å². The summed E-state index contributed by atoms with van der Waals surface area (Å²) in [7, 11) is -1.72. The van der Waals surface area contributed by atoms with E-state index in [1.807, 2.05) is 0 Å². The number of hydrogen-bond donors (Lipinski definition) is 0. The summed E-state index contributed by atoms with van der Waals surface area (Å²) in [5.41, 5.74) is 0.